The van der Waals surface area contributed by atoms with Crippen LogP contribution in [0.5, 0.6) is 0 Å². The first kappa shape index (κ1) is 12.7. The fraction of sp³-hybridized carbons (Fsp3) is 0.500. The maximum atomic E-state index is 2.46. The topological polar surface area (TPSA) is 0 Å². The third kappa shape index (κ3) is 2.84. The van der Waals surface area contributed by atoms with Crippen LogP contribution >= 0.6 is 45.2 Å². The van der Waals surface area contributed by atoms with Gasteiger partial charge in [-0.1, -0.05) is 27.7 Å². The second-order valence-electron chi connectivity index (χ2n) is 4.21. The maximum Gasteiger partial charge on any atom is 0.0178 e. The molecule has 14 heavy (non-hydrogen) atoms. The highest BCUT2D eigenvalue weighted by atomic mass is 127. The van der Waals surface area contributed by atoms with E-state index in [9.17, 15) is 0 Å². The van der Waals surface area contributed by atoms with Crippen LogP contribution in [0, 0.1) is 7.14 Å². The molecule has 0 unspecified atom stereocenters. The summed E-state index contributed by atoms with van der Waals surface area (Å²) in [5, 5.41) is 0. The van der Waals surface area contributed by atoms with Crippen LogP contribution in [0.4, 0.5) is 0 Å². The Hall–Kier alpha value is 0.680. The summed E-state index contributed by atoms with van der Waals surface area (Å²) in [6.45, 7) is 9.01. The Morgan fingerprint density at radius 2 is 1.29 bits per heavy atom. The minimum atomic E-state index is 0.620. The fourth-order valence-electron chi connectivity index (χ4n) is 1.49. The first-order valence-corrected chi connectivity index (χ1v) is 7.08. The van der Waals surface area contributed by atoms with Crippen molar-refractivity contribution in [2.75, 3.05) is 0 Å². The molecule has 0 saturated carbocycles. The Balaban J connectivity index is 3.25. The van der Waals surface area contributed by atoms with Gasteiger partial charge in [-0.25, -0.2) is 0 Å². The fourth-order valence-corrected chi connectivity index (χ4v) is 4.55. The van der Waals surface area contributed by atoms with Crippen molar-refractivity contribution < 1.29 is 0 Å². The zero-order chi connectivity index (χ0) is 10.9. The smallest absolute Gasteiger partial charge is 0.0178 e. The van der Waals surface area contributed by atoms with Crippen LogP contribution in [0.15, 0.2) is 12.1 Å². The lowest BCUT2D eigenvalue weighted by Crippen LogP contribution is -1.99. The third-order valence-corrected chi connectivity index (χ3v) is 4.13. The average Bonchev–Trinajstić information content (AvgIpc) is 2.01. The first-order valence-electron chi connectivity index (χ1n) is 4.92. The van der Waals surface area contributed by atoms with Gasteiger partial charge in [-0.2, -0.15) is 0 Å². The minimum Gasteiger partial charge on any atom is -0.0587 e. The lowest BCUT2D eigenvalue weighted by Gasteiger charge is -2.15. The lowest BCUT2D eigenvalue weighted by atomic mass is 9.97. The van der Waals surface area contributed by atoms with Gasteiger partial charge in [-0.3, -0.25) is 0 Å². The summed E-state index contributed by atoms with van der Waals surface area (Å²) in [4.78, 5) is 0. The van der Waals surface area contributed by atoms with Crippen LogP contribution in [0.25, 0.3) is 0 Å². The molecule has 0 aliphatic carbocycles. The molecule has 0 aliphatic rings. The van der Waals surface area contributed by atoms with Crippen molar-refractivity contribution >= 4 is 45.2 Å². The standard InChI is InChI=1S/C12H16I2/c1-7(2)9-5-10(13)12(8(3)4)11(14)6-9/h5-8H,1-4H3. The van der Waals surface area contributed by atoms with E-state index >= 15 is 0 Å². The number of hydrogen-bond acceptors (Lipinski definition) is 0. The summed E-state index contributed by atoms with van der Waals surface area (Å²) in [6.07, 6.45) is 0. The van der Waals surface area contributed by atoms with E-state index in [0.29, 0.717) is 11.8 Å². The highest BCUT2D eigenvalue weighted by molar-refractivity contribution is 14.1. The molecule has 0 heterocycles. The molecule has 0 fully saturated rings. The van der Waals surface area contributed by atoms with Crippen molar-refractivity contribution in [2.24, 2.45) is 0 Å². The normalized spacial score (nSPS) is 11.4. The van der Waals surface area contributed by atoms with Gasteiger partial charge in [0.2, 0.25) is 0 Å². The van der Waals surface area contributed by atoms with Crippen molar-refractivity contribution in [3.05, 3.63) is 30.4 Å². The van der Waals surface area contributed by atoms with Crippen molar-refractivity contribution in [1.82, 2.24) is 0 Å². The molecule has 1 aromatic carbocycles. The summed E-state index contributed by atoms with van der Waals surface area (Å²) in [5.41, 5.74) is 2.94. The number of rotatable bonds is 2. The Labute approximate surface area is 114 Å². The summed E-state index contributed by atoms with van der Waals surface area (Å²) in [7, 11) is 0. The molecule has 0 aromatic heterocycles. The third-order valence-electron chi connectivity index (χ3n) is 2.35. The molecule has 0 saturated heterocycles. The van der Waals surface area contributed by atoms with Crippen LogP contribution in [-0.4, -0.2) is 0 Å². The molecule has 0 amide bonds. The molecular weight excluding hydrogens is 398 g/mol. The zero-order valence-corrected chi connectivity index (χ0v) is 13.4. The van der Waals surface area contributed by atoms with Crippen molar-refractivity contribution in [1.29, 1.82) is 0 Å². The van der Waals surface area contributed by atoms with Gasteiger partial charge in [-0.05, 0) is 80.3 Å². The molecule has 1 rings (SSSR count). The number of halogens is 2. The molecule has 0 aliphatic heterocycles. The molecule has 0 bridgehead atoms. The Bertz CT molecular complexity index is 304. The molecule has 0 atom stereocenters. The molecule has 0 nitrogen and oxygen atoms in total. The van der Waals surface area contributed by atoms with Crippen molar-refractivity contribution in [3.63, 3.8) is 0 Å². The molecule has 0 radical (unpaired) electrons. The molecule has 78 valence electrons. The van der Waals surface area contributed by atoms with E-state index in [-0.39, 0.29) is 0 Å². The van der Waals surface area contributed by atoms with Crippen LogP contribution < -0.4 is 0 Å². The van der Waals surface area contributed by atoms with Crippen LogP contribution in [0.1, 0.15) is 50.7 Å². The summed E-state index contributed by atoms with van der Waals surface area (Å²) in [5.74, 6) is 1.24. The number of hydrogen-bond donors (Lipinski definition) is 0. The SMILES string of the molecule is CC(C)c1cc(I)c(C(C)C)c(I)c1. The summed E-state index contributed by atoms with van der Waals surface area (Å²) >= 11 is 4.91. The predicted octanol–water partition coefficient (Wildman–Crippen LogP) is 5.14. The van der Waals surface area contributed by atoms with Gasteiger partial charge in [0.15, 0.2) is 0 Å². The molecule has 1 aromatic rings. The molecular formula is C12H16I2. The van der Waals surface area contributed by atoms with Crippen LogP contribution in [0.2, 0.25) is 0 Å². The second-order valence-corrected chi connectivity index (χ2v) is 6.53. The van der Waals surface area contributed by atoms with Crippen LogP contribution in [-0.2, 0) is 0 Å². The van der Waals surface area contributed by atoms with E-state index in [1.54, 1.807) is 0 Å². The van der Waals surface area contributed by atoms with Gasteiger partial charge in [0.1, 0.15) is 0 Å². The van der Waals surface area contributed by atoms with Gasteiger partial charge in [-0.15, -0.1) is 0 Å². The van der Waals surface area contributed by atoms with E-state index in [2.05, 4.69) is 85.0 Å². The van der Waals surface area contributed by atoms with Crippen LogP contribution in [0.3, 0.4) is 0 Å². The highest BCUT2D eigenvalue weighted by Crippen LogP contribution is 2.30. The van der Waals surface area contributed by atoms with E-state index in [0.717, 1.165) is 0 Å². The van der Waals surface area contributed by atoms with Gasteiger partial charge in [0.05, 0.1) is 0 Å². The van der Waals surface area contributed by atoms with Gasteiger partial charge < -0.3 is 0 Å². The molecule has 0 spiro atoms. The van der Waals surface area contributed by atoms with Gasteiger partial charge in [0.25, 0.3) is 0 Å². The summed E-state index contributed by atoms with van der Waals surface area (Å²) in [6, 6.07) is 4.64. The van der Waals surface area contributed by atoms with Gasteiger partial charge in [0, 0.05) is 7.14 Å². The monoisotopic (exact) mass is 414 g/mol. The largest absolute Gasteiger partial charge is 0.0587 e. The van der Waals surface area contributed by atoms with E-state index in [1.807, 2.05) is 0 Å². The Morgan fingerprint density at radius 1 is 0.857 bits per heavy atom. The predicted molar refractivity (Wildman–Crippen MR) is 80.1 cm³/mol. The Kier molecular flexibility index (Phi) is 4.68. The number of benzene rings is 1. The van der Waals surface area contributed by atoms with E-state index in [1.165, 1.54) is 18.3 Å². The lowest BCUT2D eigenvalue weighted by molar-refractivity contribution is 0.832. The van der Waals surface area contributed by atoms with E-state index in [4.69, 9.17) is 0 Å². The maximum absolute atomic E-state index is 2.46. The first-order chi connectivity index (χ1) is 6.43. The quantitative estimate of drug-likeness (QED) is 0.588. The minimum absolute atomic E-state index is 0.620. The van der Waals surface area contributed by atoms with Crippen molar-refractivity contribution in [2.45, 2.75) is 39.5 Å². The highest BCUT2D eigenvalue weighted by Gasteiger charge is 2.11. The average molecular weight is 414 g/mol. The Morgan fingerprint density at radius 3 is 1.57 bits per heavy atom. The molecule has 0 N–H and O–H groups in total. The van der Waals surface area contributed by atoms with E-state index < -0.39 is 0 Å². The molecule has 2 heteroatoms. The summed E-state index contributed by atoms with van der Waals surface area (Å²) < 4.78 is 2.82. The second kappa shape index (κ2) is 5.14. The van der Waals surface area contributed by atoms with Crippen molar-refractivity contribution in [3.8, 4) is 0 Å². The zero-order valence-electron chi connectivity index (χ0n) is 9.07. The van der Waals surface area contributed by atoms with Gasteiger partial charge >= 0.3 is 0 Å².